The molecule has 0 radical (unpaired) electrons. The van der Waals surface area contributed by atoms with Gasteiger partial charge in [-0.1, -0.05) is 81.4 Å². The maximum atomic E-state index is 13.1. The second-order valence-electron chi connectivity index (χ2n) is 10.6. The average molecular weight is 435 g/mol. The van der Waals surface area contributed by atoms with Crippen LogP contribution >= 0.6 is 0 Å². The van der Waals surface area contributed by atoms with E-state index in [4.69, 9.17) is 14.2 Å². The summed E-state index contributed by atoms with van der Waals surface area (Å²) in [6.45, 7) is 7.44. The van der Waals surface area contributed by atoms with Crippen LogP contribution in [0.3, 0.4) is 0 Å². The summed E-state index contributed by atoms with van der Waals surface area (Å²) in [6, 6.07) is 19.8. The van der Waals surface area contributed by atoms with Crippen LogP contribution in [0.4, 0.5) is 0 Å². The monoisotopic (exact) mass is 434 g/mol. The van der Waals surface area contributed by atoms with Crippen molar-refractivity contribution in [2.45, 2.75) is 71.6 Å². The Labute approximate surface area is 191 Å². The second-order valence-corrected chi connectivity index (χ2v) is 10.6. The van der Waals surface area contributed by atoms with E-state index in [1.165, 1.54) is 12.8 Å². The number of hydrogen-bond acceptors (Lipinski definition) is 4. The lowest BCUT2D eigenvalue weighted by molar-refractivity contribution is -0.201. The van der Waals surface area contributed by atoms with E-state index >= 15 is 0 Å². The standard InChI is InChI=1S/C28H34O4/c1-27(2)22-14-15-28(27,3)25-21(22)17-24(32-25)31-23(16-19-10-6-4-7-11-19)26(29)30-18-20-12-8-5-9-13-20/h4-13,21-25H,14-18H2,1-3H3/t21-,22-,23-,24-,25-,28+/m1/s1. The minimum Gasteiger partial charge on any atom is -0.459 e. The first-order valence-electron chi connectivity index (χ1n) is 11.9. The van der Waals surface area contributed by atoms with Gasteiger partial charge in [0.2, 0.25) is 0 Å². The van der Waals surface area contributed by atoms with Gasteiger partial charge in [0.1, 0.15) is 6.61 Å². The highest BCUT2D eigenvalue weighted by molar-refractivity contribution is 5.75. The van der Waals surface area contributed by atoms with Crippen molar-refractivity contribution in [2.75, 3.05) is 0 Å². The Hall–Kier alpha value is -2.17. The summed E-state index contributed by atoms with van der Waals surface area (Å²) in [5.74, 6) is 0.864. The average Bonchev–Trinajstić information content (AvgIpc) is 3.36. The fourth-order valence-corrected chi connectivity index (χ4v) is 6.59. The molecule has 3 fully saturated rings. The second kappa shape index (κ2) is 8.31. The number of esters is 1. The maximum Gasteiger partial charge on any atom is 0.336 e. The van der Waals surface area contributed by atoms with Gasteiger partial charge in [-0.2, -0.15) is 0 Å². The lowest BCUT2D eigenvalue weighted by atomic mass is 9.70. The third-order valence-corrected chi connectivity index (χ3v) is 8.74. The molecule has 2 aliphatic carbocycles. The molecule has 0 N–H and O–H groups in total. The number of hydrogen-bond donors (Lipinski definition) is 0. The van der Waals surface area contributed by atoms with Crippen molar-refractivity contribution in [1.82, 2.24) is 0 Å². The van der Waals surface area contributed by atoms with Crippen molar-refractivity contribution in [2.24, 2.45) is 22.7 Å². The fourth-order valence-electron chi connectivity index (χ4n) is 6.59. The quantitative estimate of drug-likeness (QED) is 0.536. The van der Waals surface area contributed by atoms with E-state index in [-0.39, 0.29) is 30.4 Å². The van der Waals surface area contributed by atoms with E-state index in [1.54, 1.807) is 0 Å². The molecule has 1 saturated heterocycles. The van der Waals surface area contributed by atoms with Crippen LogP contribution in [-0.2, 0) is 32.0 Å². The van der Waals surface area contributed by atoms with Gasteiger partial charge in [-0.05, 0) is 46.6 Å². The van der Waals surface area contributed by atoms with Gasteiger partial charge >= 0.3 is 5.97 Å². The van der Waals surface area contributed by atoms with E-state index in [0.717, 1.165) is 17.5 Å². The molecule has 0 aromatic heterocycles. The SMILES string of the molecule is CC1(C)[C@@H]2CC[C@@]1(C)[C@@H]1O[C@@H](O[C@H](Cc3ccccc3)C(=O)OCc3ccccc3)C[C@H]21. The van der Waals surface area contributed by atoms with Gasteiger partial charge in [0.25, 0.3) is 0 Å². The molecule has 32 heavy (non-hydrogen) atoms. The molecule has 4 heteroatoms. The zero-order chi connectivity index (χ0) is 22.3. The van der Waals surface area contributed by atoms with Crippen LogP contribution in [-0.4, -0.2) is 24.5 Å². The van der Waals surface area contributed by atoms with Crippen molar-refractivity contribution in [1.29, 1.82) is 0 Å². The van der Waals surface area contributed by atoms with E-state index in [2.05, 4.69) is 20.8 Å². The fraction of sp³-hybridized carbons (Fsp3) is 0.536. The third kappa shape index (κ3) is 3.68. The summed E-state index contributed by atoms with van der Waals surface area (Å²) < 4.78 is 18.5. The van der Waals surface area contributed by atoms with Crippen LogP contribution < -0.4 is 0 Å². The van der Waals surface area contributed by atoms with Gasteiger partial charge in [-0.15, -0.1) is 0 Å². The first kappa shape index (κ1) is 21.7. The van der Waals surface area contributed by atoms with Gasteiger partial charge in [0.05, 0.1) is 6.10 Å². The Morgan fingerprint density at radius 2 is 1.69 bits per heavy atom. The molecule has 1 aliphatic heterocycles. The van der Waals surface area contributed by atoms with Crippen LogP contribution in [0.2, 0.25) is 0 Å². The Bertz CT molecular complexity index is 940. The molecule has 2 aromatic carbocycles. The Balaban J connectivity index is 1.28. The lowest BCUT2D eigenvalue weighted by Gasteiger charge is -2.38. The molecule has 6 atom stereocenters. The smallest absolute Gasteiger partial charge is 0.336 e. The van der Waals surface area contributed by atoms with Crippen LogP contribution in [0.5, 0.6) is 0 Å². The molecule has 170 valence electrons. The molecule has 1 heterocycles. The van der Waals surface area contributed by atoms with Crippen LogP contribution in [0.1, 0.15) is 51.2 Å². The number of carbonyl (C=O) groups excluding carboxylic acids is 1. The number of ether oxygens (including phenoxy) is 3. The van der Waals surface area contributed by atoms with Gasteiger partial charge in [0, 0.05) is 12.8 Å². The van der Waals surface area contributed by atoms with E-state index in [0.29, 0.717) is 23.7 Å². The zero-order valence-corrected chi connectivity index (χ0v) is 19.3. The summed E-state index contributed by atoms with van der Waals surface area (Å²) in [4.78, 5) is 13.1. The summed E-state index contributed by atoms with van der Waals surface area (Å²) in [5.41, 5.74) is 2.51. The first-order valence-corrected chi connectivity index (χ1v) is 11.9. The van der Waals surface area contributed by atoms with E-state index < -0.39 is 6.10 Å². The Kier molecular flexibility index (Phi) is 5.63. The highest BCUT2D eigenvalue weighted by Crippen LogP contribution is 2.71. The van der Waals surface area contributed by atoms with Crippen molar-refractivity contribution < 1.29 is 19.0 Å². The van der Waals surface area contributed by atoms with Crippen LogP contribution in [0.15, 0.2) is 60.7 Å². The van der Waals surface area contributed by atoms with Gasteiger partial charge < -0.3 is 14.2 Å². The third-order valence-electron chi connectivity index (χ3n) is 8.74. The molecular formula is C28H34O4. The van der Waals surface area contributed by atoms with E-state index in [9.17, 15) is 4.79 Å². The largest absolute Gasteiger partial charge is 0.459 e. The maximum absolute atomic E-state index is 13.1. The normalized spacial score (nSPS) is 33.1. The molecule has 3 aliphatic rings. The number of rotatable bonds is 7. The number of carbonyl (C=O) groups is 1. The Morgan fingerprint density at radius 1 is 1.03 bits per heavy atom. The van der Waals surface area contributed by atoms with E-state index in [1.807, 2.05) is 60.7 Å². The summed E-state index contributed by atoms with van der Waals surface area (Å²) in [5, 5.41) is 0. The predicted molar refractivity (Wildman–Crippen MR) is 123 cm³/mol. The van der Waals surface area contributed by atoms with Gasteiger partial charge in [0.15, 0.2) is 12.4 Å². The predicted octanol–water partition coefficient (Wildman–Crippen LogP) is 5.55. The van der Waals surface area contributed by atoms with Gasteiger partial charge in [-0.25, -0.2) is 4.79 Å². The highest BCUT2D eigenvalue weighted by atomic mass is 16.7. The molecule has 0 amide bonds. The number of fused-ring (bicyclic) bond motifs is 5. The molecule has 2 bridgehead atoms. The molecule has 4 nitrogen and oxygen atoms in total. The van der Waals surface area contributed by atoms with Crippen molar-refractivity contribution in [3.63, 3.8) is 0 Å². The van der Waals surface area contributed by atoms with Crippen molar-refractivity contribution in [3.8, 4) is 0 Å². The topological polar surface area (TPSA) is 44.8 Å². The van der Waals surface area contributed by atoms with Crippen LogP contribution in [0, 0.1) is 22.7 Å². The minimum absolute atomic E-state index is 0.184. The van der Waals surface area contributed by atoms with Gasteiger partial charge in [-0.3, -0.25) is 0 Å². The van der Waals surface area contributed by atoms with Crippen molar-refractivity contribution in [3.05, 3.63) is 71.8 Å². The Morgan fingerprint density at radius 3 is 2.34 bits per heavy atom. The molecule has 2 aromatic rings. The summed E-state index contributed by atoms with van der Waals surface area (Å²) in [6.07, 6.45) is 3.03. The summed E-state index contributed by atoms with van der Waals surface area (Å²) >= 11 is 0. The highest BCUT2D eigenvalue weighted by Gasteiger charge is 2.69. The molecule has 5 rings (SSSR count). The van der Waals surface area contributed by atoms with Crippen molar-refractivity contribution >= 4 is 5.97 Å². The first-order chi connectivity index (χ1) is 15.4. The molecular weight excluding hydrogens is 400 g/mol. The molecule has 0 unspecified atom stereocenters. The zero-order valence-electron chi connectivity index (χ0n) is 19.3. The lowest BCUT2D eigenvalue weighted by Crippen LogP contribution is -2.39. The molecule has 0 spiro atoms. The minimum atomic E-state index is -0.677. The molecule has 2 saturated carbocycles. The summed E-state index contributed by atoms with van der Waals surface area (Å²) in [7, 11) is 0. The van der Waals surface area contributed by atoms with Crippen LogP contribution in [0.25, 0.3) is 0 Å². The number of benzene rings is 2.